The van der Waals surface area contributed by atoms with Crippen LogP contribution < -0.4 is 10.2 Å². The van der Waals surface area contributed by atoms with Crippen molar-refractivity contribution in [2.45, 2.75) is 23.5 Å². The van der Waals surface area contributed by atoms with E-state index >= 15 is 0 Å². The summed E-state index contributed by atoms with van der Waals surface area (Å²) in [6, 6.07) is 3.68. The number of halogens is 7. The molecule has 0 aliphatic carbocycles. The van der Waals surface area contributed by atoms with Crippen LogP contribution in [0.1, 0.15) is 15.9 Å². The van der Waals surface area contributed by atoms with E-state index in [0.717, 1.165) is 23.3 Å². The number of benzene rings is 1. The van der Waals surface area contributed by atoms with Crippen molar-refractivity contribution in [2.24, 2.45) is 0 Å². The van der Waals surface area contributed by atoms with Crippen LogP contribution in [0.3, 0.4) is 0 Å². The Morgan fingerprint density at radius 1 is 1.26 bits per heavy atom. The van der Waals surface area contributed by atoms with Crippen LogP contribution in [0, 0.1) is 4.78 Å². The monoisotopic (exact) mass is 530 g/mol. The predicted molar refractivity (Wildman–Crippen MR) is 112 cm³/mol. The zero-order valence-electron chi connectivity index (χ0n) is 17.3. The third-order valence-corrected chi connectivity index (χ3v) is 6.13. The van der Waals surface area contributed by atoms with Gasteiger partial charge < -0.3 is 15.0 Å². The standard InChI is InChI=1S/C19H17ClF6N4O3S/c1-34(27,32)16-6-10(2-3-28-16)29-17(31)11-7-13(20)12(18(21,22)23)8-14(11)30-4-5-33-15(9-30)19(24,25)26/h2-3,6-8,15,27H,4-5,9H2,1H3,(H,28,29,31)/t15-,34?/m0/s1. The number of alkyl halides is 6. The Kier molecular flexibility index (Phi) is 7.06. The van der Waals surface area contributed by atoms with Crippen LogP contribution in [0.2, 0.25) is 5.02 Å². The van der Waals surface area contributed by atoms with Gasteiger partial charge in [0.2, 0.25) is 0 Å². The molecule has 1 aromatic heterocycles. The number of anilines is 2. The lowest BCUT2D eigenvalue weighted by molar-refractivity contribution is -0.221. The van der Waals surface area contributed by atoms with Crippen molar-refractivity contribution in [3.63, 3.8) is 0 Å². The molecular formula is C19H17ClF6N4O3S. The van der Waals surface area contributed by atoms with E-state index in [1.807, 2.05) is 0 Å². The molecule has 186 valence electrons. The maximum atomic E-state index is 13.4. The number of hydrogen-bond donors (Lipinski definition) is 2. The highest BCUT2D eigenvalue weighted by molar-refractivity contribution is 7.91. The van der Waals surface area contributed by atoms with Gasteiger partial charge in [-0.2, -0.15) is 26.3 Å². The van der Waals surface area contributed by atoms with E-state index in [4.69, 9.17) is 16.4 Å². The number of ether oxygens (including phenoxy) is 1. The molecule has 2 aromatic rings. The van der Waals surface area contributed by atoms with Gasteiger partial charge in [-0.25, -0.2) is 14.0 Å². The molecule has 2 heterocycles. The van der Waals surface area contributed by atoms with Crippen LogP contribution >= 0.6 is 11.6 Å². The lowest BCUT2D eigenvalue weighted by Crippen LogP contribution is -2.49. The van der Waals surface area contributed by atoms with Crippen molar-refractivity contribution < 1.29 is 40.1 Å². The zero-order valence-corrected chi connectivity index (χ0v) is 18.8. The Morgan fingerprint density at radius 2 is 1.94 bits per heavy atom. The fourth-order valence-corrected chi connectivity index (χ4v) is 4.07. The number of aromatic nitrogens is 1. The highest BCUT2D eigenvalue weighted by atomic mass is 35.5. The molecule has 2 N–H and O–H groups in total. The average molecular weight is 531 g/mol. The first-order valence-corrected chi connectivity index (χ1v) is 11.8. The smallest absolute Gasteiger partial charge is 0.366 e. The van der Waals surface area contributed by atoms with E-state index in [2.05, 4.69) is 15.0 Å². The van der Waals surface area contributed by atoms with Crippen LogP contribution in [-0.2, 0) is 20.6 Å². The summed E-state index contributed by atoms with van der Waals surface area (Å²) in [4.78, 5) is 17.7. The van der Waals surface area contributed by atoms with Gasteiger partial charge in [0.15, 0.2) is 6.10 Å². The molecule has 1 saturated heterocycles. The first-order valence-electron chi connectivity index (χ1n) is 9.42. The largest absolute Gasteiger partial charge is 0.417 e. The fraction of sp³-hybridized carbons (Fsp3) is 0.368. The van der Waals surface area contributed by atoms with Gasteiger partial charge in [-0.1, -0.05) is 11.6 Å². The van der Waals surface area contributed by atoms with Crippen molar-refractivity contribution in [3.05, 3.63) is 46.6 Å². The van der Waals surface area contributed by atoms with Crippen LogP contribution in [0.4, 0.5) is 37.7 Å². The van der Waals surface area contributed by atoms with Gasteiger partial charge in [-0.05, 0) is 24.3 Å². The van der Waals surface area contributed by atoms with Crippen LogP contribution in [0.25, 0.3) is 0 Å². The molecule has 1 amide bonds. The second kappa shape index (κ2) is 9.23. The number of carbonyl (C=O) groups excluding carboxylic acids is 1. The van der Waals surface area contributed by atoms with E-state index in [1.54, 1.807) is 0 Å². The van der Waals surface area contributed by atoms with Crippen LogP contribution in [-0.4, -0.2) is 53.3 Å². The Bertz CT molecular complexity index is 1200. The number of carbonyl (C=O) groups is 1. The molecule has 0 spiro atoms. The van der Waals surface area contributed by atoms with Crippen molar-refractivity contribution in [1.82, 2.24) is 4.98 Å². The van der Waals surface area contributed by atoms with E-state index in [0.29, 0.717) is 6.07 Å². The van der Waals surface area contributed by atoms with E-state index in [1.165, 1.54) is 12.3 Å². The quantitative estimate of drug-likeness (QED) is 0.553. The first-order chi connectivity index (χ1) is 15.6. The fourth-order valence-electron chi connectivity index (χ4n) is 3.19. The maximum Gasteiger partial charge on any atom is 0.417 e. The molecule has 1 aliphatic heterocycles. The van der Waals surface area contributed by atoms with Crippen LogP contribution in [0.5, 0.6) is 0 Å². The molecule has 0 saturated carbocycles. The Morgan fingerprint density at radius 3 is 2.53 bits per heavy atom. The number of nitrogens with zero attached hydrogens (tertiary/aromatic N) is 2. The summed E-state index contributed by atoms with van der Waals surface area (Å²) < 4.78 is 104. The molecule has 3 rings (SSSR count). The normalized spacial score (nSPS) is 18.9. The number of nitrogens with one attached hydrogen (secondary N) is 2. The van der Waals surface area contributed by atoms with Gasteiger partial charge in [-0.3, -0.25) is 4.79 Å². The first kappa shape index (κ1) is 26.0. The van der Waals surface area contributed by atoms with Gasteiger partial charge in [0.25, 0.3) is 5.91 Å². The highest BCUT2D eigenvalue weighted by Gasteiger charge is 2.44. The topological polar surface area (TPSA) is 95.4 Å². The number of pyridine rings is 1. The van der Waals surface area contributed by atoms with Gasteiger partial charge in [0.1, 0.15) is 5.03 Å². The molecule has 1 aliphatic rings. The van der Waals surface area contributed by atoms with Crippen molar-refractivity contribution in [1.29, 1.82) is 4.78 Å². The maximum absolute atomic E-state index is 13.4. The van der Waals surface area contributed by atoms with Crippen molar-refractivity contribution in [2.75, 3.05) is 36.2 Å². The third-order valence-electron chi connectivity index (χ3n) is 4.80. The Hall–Kier alpha value is -2.58. The SMILES string of the molecule is CS(=N)(=O)c1cc(NC(=O)c2cc(Cl)c(C(F)(F)F)cc2N2CCO[C@H](C(F)(F)F)C2)ccn1. The second-order valence-corrected chi connectivity index (χ2v) is 9.89. The summed E-state index contributed by atoms with van der Waals surface area (Å²) >= 11 is 5.76. The van der Waals surface area contributed by atoms with E-state index < -0.39 is 69.1 Å². The van der Waals surface area contributed by atoms with Crippen LogP contribution in [0.15, 0.2) is 35.5 Å². The third kappa shape index (κ3) is 5.91. The Balaban J connectivity index is 2.04. The van der Waals surface area contributed by atoms with Gasteiger partial charge in [0, 0.05) is 24.7 Å². The minimum atomic E-state index is -4.92. The molecule has 0 bridgehead atoms. The number of rotatable bonds is 4. The lowest BCUT2D eigenvalue weighted by Gasteiger charge is -2.36. The predicted octanol–water partition coefficient (Wildman–Crippen LogP) is 4.81. The summed E-state index contributed by atoms with van der Waals surface area (Å²) in [5.41, 5.74) is -2.13. The summed E-state index contributed by atoms with van der Waals surface area (Å²) in [5.74, 6) is -0.981. The molecule has 15 heteroatoms. The van der Waals surface area contributed by atoms with Crippen molar-refractivity contribution in [3.8, 4) is 0 Å². The highest BCUT2D eigenvalue weighted by Crippen LogP contribution is 2.40. The molecular weight excluding hydrogens is 514 g/mol. The summed E-state index contributed by atoms with van der Waals surface area (Å²) in [6.45, 7) is -1.47. The molecule has 1 fully saturated rings. The molecule has 1 unspecified atom stereocenters. The molecule has 34 heavy (non-hydrogen) atoms. The summed E-state index contributed by atoms with van der Waals surface area (Å²) in [6.07, 6.45) is -9.69. The summed E-state index contributed by atoms with van der Waals surface area (Å²) in [5, 5.41) is 1.39. The second-order valence-electron chi connectivity index (χ2n) is 7.37. The average Bonchev–Trinajstić information content (AvgIpc) is 2.71. The van der Waals surface area contributed by atoms with Gasteiger partial charge in [-0.15, -0.1) is 0 Å². The molecule has 1 aromatic carbocycles. The van der Waals surface area contributed by atoms with Gasteiger partial charge >= 0.3 is 12.4 Å². The number of morpholine rings is 1. The van der Waals surface area contributed by atoms with E-state index in [-0.39, 0.29) is 17.3 Å². The lowest BCUT2D eigenvalue weighted by atomic mass is 10.0. The molecule has 7 nitrogen and oxygen atoms in total. The number of amides is 1. The Labute approximate surface area is 195 Å². The van der Waals surface area contributed by atoms with Gasteiger partial charge in [0.05, 0.1) is 44.7 Å². The van der Waals surface area contributed by atoms with E-state index in [9.17, 15) is 35.3 Å². The molecule has 0 radical (unpaired) electrons. The minimum absolute atomic E-state index is 0.0222. The summed E-state index contributed by atoms with van der Waals surface area (Å²) in [7, 11) is -3.24. The van der Waals surface area contributed by atoms with Crippen molar-refractivity contribution >= 4 is 38.6 Å². The minimum Gasteiger partial charge on any atom is -0.366 e. The zero-order chi connectivity index (χ0) is 25.5. The number of hydrogen-bond acceptors (Lipinski definition) is 6. The molecule has 2 atom stereocenters.